The second-order valence-corrected chi connectivity index (χ2v) is 6.56. The maximum absolute atomic E-state index is 13.2. The normalized spacial score (nSPS) is 26.0. The summed E-state index contributed by atoms with van der Waals surface area (Å²) in [6, 6.07) is 9.42. The van der Waals surface area contributed by atoms with Gasteiger partial charge in [-0.1, -0.05) is 43.2 Å². The van der Waals surface area contributed by atoms with E-state index in [9.17, 15) is 13.6 Å². The molecule has 1 aliphatic carbocycles. The summed E-state index contributed by atoms with van der Waals surface area (Å²) in [5.74, 6) is -3.08. The number of nitrogens with one attached hydrogen (secondary N) is 2. The highest BCUT2D eigenvalue weighted by atomic mass is 19.3. The molecule has 1 saturated carbocycles. The van der Waals surface area contributed by atoms with Gasteiger partial charge in [0.2, 0.25) is 5.91 Å². The summed E-state index contributed by atoms with van der Waals surface area (Å²) in [6.45, 7) is 0.120. The second kappa shape index (κ2) is 5.95. The molecule has 1 aromatic carbocycles. The third-order valence-corrected chi connectivity index (χ3v) is 4.97. The molecule has 3 rings (SSSR count). The number of benzene rings is 1. The van der Waals surface area contributed by atoms with Crippen molar-refractivity contribution in [3.63, 3.8) is 0 Å². The summed E-state index contributed by atoms with van der Waals surface area (Å²) in [4.78, 5) is 12.2. The van der Waals surface area contributed by atoms with Gasteiger partial charge in [0.05, 0.1) is 12.6 Å². The van der Waals surface area contributed by atoms with Gasteiger partial charge in [-0.25, -0.2) is 8.78 Å². The SMILES string of the molecule is O=C(NCC1(c2ccccc2)CCCC1)C1CC(F)(F)CN1. The van der Waals surface area contributed by atoms with Gasteiger partial charge in [-0.2, -0.15) is 0 Å². The first-order valence-corrected chi connectivity index (χ1v) is 7.95. The molecule has 1 aliphatic heterocycles. The van der Waals surface area contributed by atoms with Gasteiger partial charge in [0.1, 0.15) is 0 Å². The third-order valence-electron chi connectivity index (χ3n) is 4.97. The molecule has 1 aromatic rings. The summed E-state index contributed by atoms with van der Waals surface area (Å²) in [5.41, 5.74) is 1.19. The molecule has 22 heavy (non-hydrogen) atoms. The van der Waals surface area contributed by atoms with E-state index in [0.29, 0.717) is 6.54 Å². The number of carbonyl (C=O) groups is 1. The standard InChI is InChI=1S/C17H22F2N2O/c18-17(19)10-14(20-12-17)15(22)21-11-16(8-4-5-9-16)13-6-2-1-3-7-13/h1-3,6-7,14,20H,4-5,8-12H2,(H,21,22). The minimum absolute atomic E-state index is 0.0436. The van der Waals surface area contributed by atoms with E-state index < -0.39 is 24.9 Å². The molecule has 120 valence electrons. The van der Waals surface area contributed by atoms with Gasteiger partial charge in [0.25, 0.3) is 5.92 Å². The highest BCUT2D eigenvalue weighted by molar-refractivity contribution is 5.82. The lowest BCUT2D eigenvalue weighted by atomic mass is 9.79. The number of carbonyl (C=O) groups excluding carboxylic acids is 1. The zero-order valence-electron chi connectivity index (χ0n) is 12.6. The van der Waals surface area contributed by atoms with Crippen molar-refractivity contribution in [3.05, 3.63) is 35.9 Å². The fourth-order valence-electron chi connectivity index (χ4n) is 3.69. The first-order valence-electron chi connectivity index (χ1n) is 7.95. The van der Waals surface area contributed by atoms with Crippen LogP contribution in [0.2, 0.25) is 0 Å². The second-order valence-electron chi connectivity index (χ2n) is 6.56. The molecule has 2 aliphatic rings. The van der Waals surface area contributed by atoms with Crippen molar-refractivity contribution in [2.24, 2.45) is 0 Å². The molecular formula is C17H22F2N2O. The van der Waals surface area contributed by atoms with Crippen LogP contribution in [0.15, 0.2) is 30.3 Å². The fourth-order valence-corrected chi connectivity index (χ4v) is 3.69. The zero-order valence-corrected chi connectivity index (χ0v) is 12.6. The molecule has 1 saturated heterocycles. The van der Waals surface area contributed by atoms with Gasteiger partial charge in [0, 0.05) is 18.4 Å². The fraction of sp³-hybridized carbons (Fsp3) is 0.588. The van der Waals surface area contributed by atoms with Gasteiger partial charge >= 0.3 is 0 Å². The largest absolute Gasteiger partial charge is 0.354 e. The lowest BCUT2D eigenvalue weighted by molar-refractivity contribution is -0.123. The first-order chi connectivity index (χ1) is 10.5. The van der Waals surface area contributed by atoms with Crippen LogP contribution in [0.25, 0.3) is 0 Å². The Balaban J connectivity index is 1.65. The molecule has 2 fully saturated rings. The Hall–Kier alpha value is -1.49. The van der Waals surface area contributed by atoms with Crippen molar-refractivity contribution in [1.82, 2.24) is 10.6 Å². The molecule has 1 amide bonds. The van der Waals surface area contributed by atoms with E-state index in [2.05, 4.69) is 22.8 Å². The lowest BCUT2D eigenvalue weighted by Gasteiger charge is -2.30. The van der Waals surface area contributed by atoms with E-state index in [1.54, 1.807) is 0 Å². The van der Waals surface area contributed by atoms with E-state index in [1.807, 2.05) is 18.2 Å². The molecule has 1 atom stereocenters. The van der Waals surface area contributed by atoms with Crippen LogP contribution in [0, 0.1) is 0 Å². The minimum Gasteiger partial charge on any atom is -0.354 e. The van der Waals surface area contributed by atoms with Crippen molar-refractivity contribution in [3.8, 4) is 0 Å². The Kier molecular flexibility index (Phi) is 4.17. The monoisotopic (exact) mass is 308 g/mol. The van der Waals surface area contributed by atoms with E-state index in [0.717, 1.165) is 25.7 Å². The number of halogens is 2. The molecule has 0 aromatic heterocycles. The van der Waals surface area contributed by atoms with Gasteiger partial charge in [-0.15, -0.1) is 0 Å². The Bertz CT molecular complexity index is 527. The van der Waals surface area contributed by atoms with Gasteiger partial charge < -0.3 is 5.32 Å². The van der Waals surface area contributed by atoms with Gasteiger partial charge in [-0.05, 0) is 18.4 Å². The van der Waals surface area contributed by atoms with Crippen molar-refractivity contribution in [2.75, 3.05) is 13.1 Å². The van der Waals surface area contributed by atoms with E-state index in [1.165, 1.54) is 5.56 Å². The number of alkyl halides is 2. The maximum Gasteiger partial charge on any atom is 0.262 e. The molecule has 0 bridgehead atoms. The number of hydrogen-bond donors (Lipinski definition) is 2. The molecule has 2 N–H and O–H groups in total. The average Bonchev–Trinajstić information content (AvgIpc) is 3.13. The number of rotatable bonds is 4. The van der Waals surface area contributed by atoms with Crippen LogP contribution < -0.4 is 10.6 Å². The highest BCUT2D eigenvalue weighted by Crippen LogP contribution is 2.40. The van der Waals surface area contributed by atoms with Crippen LogP contribution in [0.1, 0.15) is 37.7 Å². The van der Waals surface area contributed by atoms with Crippen LogP contribution in [-0.4, -0.2) is 31.0 Å². The van der Waals surface area contributed by atoms with E-state index >= 15 is 0 Å². The van der Waals surface area contributed by atoms with Crippen molar-refractivity contribution in [2.45, 2.75) is 49.5 Å². The number of amides is 1. The average molecular weight is 308 g/mol. The first kappa shape index (κ1) is 15.4. The van der Waals surface area contributed by atoms with Crippen molar-refractivity contribution >= 4 is 5.91 Å². The summed E-state index contributed by atoms with van der Waals surface area (Å²) >= 11 is 0. The van der Waals surface area contributed by atoms with Crippen LogP contribution in [-0.2, 0) is 10.2 Å². The molecule has 0 spiro atoms. The summed E-state index contributed by atoms with van der Waals surface area (Å²) in [5, 5.41) is 5.52. The van der Waals surface area contributed by atoms with Crippen molar-refractivity contribution < 1.29 is 13.6 Å². The van der Waals surface area contributed by atoms with Gasteiger partial charge in [-0.3, -0.25) is 10.1 Å². The van der Waals surface area contributed by atoms with E-state index in [4.69, 9.17) is 0 Å². The Morgan fingerprint density at radius 1 is 1.23 bits per heavy atom. The predicted molar refractivity (Wildman–Crippen MR) is 81.0 cm³/mol. The molecule has 1 heterocycles. The molecule has 0 radical (unpaired) electrons. The Morgan fingerprint density at radius 2 is 1.91 bits per heavy atom. The third kappa shape index (κ3) is 3.14. The predicted octanol–water partition coefficient (Wildman–Crippen LogP) is 2.61. The molecule has 3 nitrogen and oxygen atoms in total. The van der Waals surface area contributed by atoms with Gasteiger partial charge in [0.15, 0.2) is 0 Å². The summed E-state index contributed by atoms with van der Waals surface area (Å²) in [6.07, 6.45) is 3.95. The van der Waals surface area contributed by atoms with Crippen LogP contribution in [0.4, 0.5) is 8.78 Å². The summed E-state index contributed by atoms with van der Waals surface area (Å²) < 4.78 is 26.4. The van der Waals surface area contributed by atoms with Crippen molar-refractivity contribution in [1.29, 1.82) is 0 Å². The smallest absolute Gasteiger partial charge is 0.262 e. The maximum atomic E-state index is 13.2. The molecule has 1 unspecified atom stereocenters. The topological polar surface area (TPSA) is 41.1 Å². The molecule has 5 heteroatoms. The zero-order chi connectivity index (χ0) is 15.6. The summed E-state index contributed by atoms with van der Waals surface area (Å²) in [7, 11) is 0. The Morgan fingerprint density at radius 3 is 2.50 bits per heavy atom. The van der Waals surface area contributed by atoms with Crippen LogP contribution in [0.5, 0.6) is 0 Å². The molecular weight excluding hydrogens is 286 g/mol. The Labute approximate surface area is 129 Å². The highest BCUT2D eigenvalue weighted by Gasteiger charge is 2.43. The van der Waals surface area contributed by atoms with Crippen LogP contribution in [0.3, 0.4) is 0 Å². The van der Waals surface area contributed by atoms with Crippen LogP contribution >= 0.6 is 0 Å². The van der Waals surface area contributed by atoms with E-state index in [-0.39, 0.29) is 11.3 Å². The minimum atomic E-state index is -2.77. The number of hydrogen-bond acceptors (Lipinski definition) is 2. The lowest BCUT2D eigenvalue weighted by Crippen LogP contribution is -2.46. The quantitative estimate of drug-likeness (QED) is 0.898.